The quantitative estimate of drug-likeness (QED) is 0.372. The standard InChI is InChI=1S/C10H8INO3/c1-2-15-10(14)7-3-4-9(12-6-13)8(11)5-7/h3-5H,2H2,1H3. The van der Waals surface area contributed by atoms with E-state index in [-0.39, 0.29) is 5.97 Å². The number of hydrogen-bond acceptors (Lipinski definition) is 4. The lowest BCUT2D eigenvalue weighted by Gasteiger charge is -2.02. The van der Waals surface area contributed by atoms with E-state index in [0.29, 0.717) is 21.4 Å². The largest absolute Gasteiger partial charge is 0.462 e. The van der Waals surface area contributed by atoms with Gasteiger partial charge in [0.05, 0.1) is 17.9 Å². The van der Waals surface area contributed by atoms with Gasteiger partial charge in [0.2, 0.25) is 6.08 Å². The molecule has 15 heavy (non-hydrogen) atoms. The van der Waals surface area contributed by atoms with E-state index in [9.17, 15) is 9.59 Å². The van der Waals surface area contributed by atoms with Gasteiger partial charge in [-0.05, 0) is 47.7 Å². The third-order valence-corrected chi connectivity index (χ3v) is 2.49. The second-order valence-corrected chi connectivity index (χ2v) is 3.75. The molecule has 0 heterocycles. The molecule has 1 aromatic rings. The molecule has 0 aromatic heterocycles. The van der Waals surface area contributed by atoms with Gasteiger partial charge in [0.25, 0.3) is 0 Å². The molecule has 0 radical (unpaired) electrons. The van der Waals surface area contributed by atoms with Crippen LogP contribution in [0.5, 0.6) is 0 Å². The van der Waals surface area contributed by atoms with Crippen LogP contribution in [0.2, 0.25) is 0 Å². The molecule has 0 N–H and O–H groups in total. The van der Waals surface area contributed by atoms with Crippen LogP contribution in [0.4, 0.5) is 5.69 Å². The van der Waals surface area contributed by atoms with Crippen molar-refractivity contribution in [2.24, 2.45) is 4.99 Å². The van der Waals surface area contributed by atoms with Crippen LogP contribution in [-0.2, 0) is 9.53 Å². The summed E-state index contributed by atoms with van der Waals surface area (Å²) in [7, 11) is 0. The minimum absolute atomic E-state index is 0.337. The summed E-state index contributed by atoms with van der Waals surface area (Å²) in [6, 6.07) is 4.77. The highest BCUT2D eigenvalue weighted by atomic mass is 127. The molecule has 0 spiro atoms. The zero-order valence-electron chi connectivity index (χ0n) is 7.99. The summed E-state index contributed by atoms with van der Waals surface area (Å²) in [5, 5.41) is 0. The number of nitrogens with zero attached hydrogens (tertiary/aromatic N) is 1. The summed E-state index contributed by atoms with van der Waals surface area (Å²) >= 11 is 1.99. The Labute approximate surface area is 100 Å². The van der Waals surface area contributed by atoms with Crippen molar-refractivity contribution in [1.82, 2.24) is 0 Å². The number of halogens is 1. The zero-order valence-corrected chi connectivity index (χ0v) is 10.1. The molecule has 0 aliphatic heterocycles. The topological polar surface area (TPSA) is 55.7 Å². The molecule has 0 bridgehead atoms. The Morgan fingerprint density at radius 1 is 1.60 bits per heavy atom. The molecular weight excluding hydrogens is 309 g/mol. The Kier molecular flexibility index (Phi) is 4.45. The number of carbonyl (C=O) groups excluding carboxylic acids is 2. The van der Waals surface area contributed by atoms with E-state index in [0.717, 1.165) is 0 Å². The Hall–Kier alpha value is -1.20. The maximum atomic E-state index is 11.3. The summed E-state index contributed by atoms with van der Waals surface area (Å²) in [5.74, 6) is -0.378. The molecule has 1 aromatic carbocycles. The van der Waals surface area contributed by atoms with Crippen molar-refractivity contribution in [2.75, 3.05) is 6.61 Å². The van der Waals surface area contributed by atoms with Crippen LogP contribution < -0.4 is 0 Å². The molecule has 0 saturated carbocycles. The summed E-state index contributed by atoms with van der Waals surface area (Å²) in [6.45, 7) is 2.08. The third-order valence-electron chi connectivity index (χ3n) is 1.62. The Morgan fingerprint density at radius 3 is 2.87 bits per heavy atom. The minimum atomic E-state index is -0.378. The first-order valence-corrected chi connectivity index (χ1v) is 5.31. The van der Waals surface area contributed by atoms with E-state index in [1.165, 1.54) is 6.08 Å². The van der Waals surface area contributed by atoms with E-state index in [2.05, 4.69) is 4.99 Å². The first kappa shape index (κ1) is 11.9. The molecule has 0 unspecified atom stereocenters. The number of isocyanates is 1. The lowest BCUT2D eigenvalue weighted by atomic mass is 10.2. The summed E-state index contributed by atoms with van der Waals surface area (Å²) < 4.78 is 5.54. The smallest absolute Gasteiger partial charge is 0.338 e. The summed E-state index contributed by atoms with van der Waals surface area (Å²) in [6.07, 6.45) is 1.45. The number of aliphatic imine (C=N–C) groups is 1. The number of rotatable bonds is 3. The van der Waals surface area contributed by atoms with Gasteiger partial charge in [-0.3, -0.25) is 0 Å². The van der Waals surface area contributed by atoms with Crippen LogP contribution in [0.1, 0.15) is 17.3 Å². The average molecular weight is 317 g/mol. The second kappa shape index (κ2) is 5.63. The van der Waals surface area contributed by atoms with Gasteiger partial charge in [-0.2, -0.15) is 4.99 Å². The highest BCUT2D eigenvalue weighted by molar-refractivity contribution is 14.1. The van der Waals surface area contributed by atoms with Crippen molar-refractivity contribution in [3.8, 4) is 0 Å². The van der Waals surface area contributed by atoms with Gasteiger partial charge in [0.15, 0.2) is 0 Å². The van der Waals surface area contributed by atoms with Crippen LogP contribution in [0.25, 0.3) is 0 Å². The Morgan fingerprint density at radius 2 is 2.33 bits per heavy atom. The molecule has 0 aliphatic rings. The fourth-order valence-corrected chi connectivity index (χ4v) is 1.62. The Bertz CT molecular complexity index is 425. The zero-order chi connectivity index (χ0) is 11.3. The monoisotopic (exact) mass is 317 g/mol. The molecular formula is C10H8INO3. The summed E-state index contributed by atoms with van der Waals surface area (Å²) in [4.78, 5) is 24.9. The summed E-state index contributed by atoms with van der Waals surface area (Å²) in [5.41, 5.74) is 0.949. The third kappa shape index (κ3) is 3.14. The van der Waals surface area contributed by atoms with Crippen molar-refractivity contribution in [1.29, 1.82) is 0 Å². The molecule has 0 saturated heterocycles. The van der Waals surface area contributed by atoms with E-state index in [1.807, 2.05) is 22.6 Å². The number of hydrogen-bond donors (Lipinski definition) is 0. The number of ether oxygens (including phenoxy) is 1. The van der Waals surface area contributed by atoms with Crippen molar-refractivity contribution < 1.29 is 14.3 Å². The fraction of sp³-hybridized carbons (Fsp3) is 0.200. The average Bonchev–Trinajstić information content (AvgIpc) is 2.21. The molecule has 0 amide bonds. The maximum Gasteiger partial charge on any atom is 0.338 e. The lowest BCUT2D eigenvalue weighted by Crippen LogP contribution is -2.04. The minimum Gasteiger partial charge on any atom is -0.462 e. The van der Waals surface area contributed by atoms with Gasteiger partial charge in [0.1, 0.15) is 0 Å². The van der Waals surface area contributed by atoms with E-state index in [1.54, 1.807) is 25.1 Å². The predicted octanol–water partition coefficient (Wildman–Crippen LogP) is 2.44. The van der Waals surface area contributed by atoms with Gasteiger partial charge in [0, 0.05) is 3.57 Å². The number of carbonyl (C=O) groups is 1. The van der Waals surface area contributed by atoms with Crippen LogP contribution in [0.15, 0.2) is 23.2 Å². The lowest BCUT2D eigenvalue weighted by molar-refractivity contribution is 0.0526. The van der Waals surface area contributed by atoms with Gasteiger partial charge in [-0.1, -0.05) is 0 Å². The molecule has 4 nitrogen and oxygen atoms in total. The van der Waals surface area contributed by atoms with Crippen molar-refractivity contribution in [3.63, 3.8) is 0 Å². The van der Waals surface area contributed by atoms with Crippen molar-refractivity contribution >= 4 is 40.3 Å². The maximum absolute atomic E-state index is 11.3. The first-order valence-electron chi connectivity index (χ1n) is 4.23. The van der Waals surface area contributed by atoms with Gasteiger partial charge in [-0.15, -0.1) is 0 Å². The van der Waals surface area contributed by atoms with E-state index >= 15 is 0 Å². The normalized spacial score (nSPS) is 9.20. The van der Waals surface area contributed by atoms with Crippen molar-refractivity contribution in [2.45, 2.75) is 6.92 Å². The SMILES string of the molecule is CCOC(=O)c1ccc(N=C=O)c(I)c1. The van der Waals surface area contributed by atoms with E-state index in [4.69, 9.17) is 4.74 Å². The Balaban J connectivity index is 3.00. The number of esters is 1. The predicted molar refractivity (Wildman–Crippen MR) is 62.9 cm³/mol. The molecule has 0 fully saturated rings. The van der Waals surface area contributed by atoms with Gasteiger partial charge >= 0.3 is 5.97 Å². The van der Waals surface area contributed by atoms with Crippen LogP contribution in [-0.4, -0.2) is 18.7 Å². The van der Waals surface area contributed by atoms with Crippen LogP contribution >= 0.6 is 22.6 Å². The highest BCUT2D eigenvalue weighted by Gasteiger charge is 2.08. The molecule has 0 atom stereocenters. The van der Waals surface area contributed by atoms with E-state index < -0.39 is 0 Å². The van der Waals surface area contributed by atoms with Crippen molar-refractivity contribution in [3.05, 3.63) is 27.3 Å². The highest BCUT2D eigenvalue weighted by Crippen LogP contribution is 2.22. The second-order valence-electron chi connectivity index (χ2n) is 2.59. The molecule has 5 heteroatoms. The fourth-order valence-electron chi connectivity index (χ4n) is 0.988. The molecule has 78 valence electrons. The van der Waals surface area contributed by atoms with Crippen LogP contribution in [0, 0.1) is 3.57 Å². The molecule has 1 rings (SSSR count). The van der Waals surface area contributed by atoms with Gasteiger partial charge < -0.3 is 4.74 Å². The van der Waals surface area contributed by atoms with Crippen LogP contribution in [0.3, 0.4) is 0 Å². The number of benzene rings is 1. The first-order chi connectivity index (χ1) is 7.19. The van der Waals surface area contributed by atoms with Gasteiger partial charge in [-0.25, -0.2) is 9.59 Å². The molecule has 0 aliphatic carbocycles.